The molecule has 0 fully saturated rings. The fourth-order valence-electron chi connectivity index (χ4n) is 2.94. The number of aryl methyl sites for hydroxylation is 2. The smallest absolute Gasteiger partial charge is 0.227 e. The summed E-state index contributed by atoms with van der Waals surface area (Å²) < 4.78 is 18.4. The molecule has 0 aliphatic rings. The maximum absolute atomic E-state index is 13.0. The molecule has 0 saturated carbocycles. The number of hydrogen-bond acceptors (Lipinski definition) is 7. The first-order valence-corrected chi connectivity index (χ1v) is 9.68. The van der Waals surface area contributed by atoms with Crippen LogP contribution in [-0.4, -0.2) is 31.6 Å². The van der Waals surface area contributed by atoms with Crippen molar-refractivity contribution in [3.8, 4) is 22.8 Å². The molecule has 30 heavy (non-hydrogen) atoms. The van der Waals surface area contributed by atoms with Crippen LogP contribution in [0.3, 0.4) is 0 Å². The number of hydrogen-bond donors (Lipinski definition) is 1. The molecule has 152 valence electrons. The maximum Gasteiger partial charge on any atom is 0.227 e. The van der Waals surface area contributed by atoms with Crippen LogP contribution in [0.15, 0.2) is 53.3 Å². The third-order valence-corrected chi connectivity index (χ3v) is 4.74. The van der Waals surface area contributed by atoms with Crippen molar-refractivity contribution < 1.29 is 8.91 Å². The van der Waals surface area contributed by atoms with Crippen LogP contribution in [0.2, 0.25) is 0 Å². The highest BCUT2D eigenvalue weighted by Gasteiger charge is 2.11. The van der Waals surface area contributed by atoms with Crippen molar-refractivity contribution in [2.24, 2.45) is 0 Å². The molecule has 1 aromatic carbocycles. The lowest BCUT2D eigenvalue weighted by Crippen LogP contribution is -2.09. The molecule has 0 spiro atoms. The van der Waals surface area contributed by atoms with Gasteiger partial charge in [-0.05, 0) is 56.7 Å². The predicted molar refractivity (Wildman–Crippen MR) is 111 cm³/mol. The van der Waals surface area contributed by atoms with Crippen LogP contribution in [-0.2, 0) is 6.42 Å². The van der Waals surface area contributed by atoms with Crippen molar-refractivity contribution >= 4 is 5.82 Å². The first-order valence-electron chi connectivity index (χ1n) is 9.68. The van der Waals surface area contributed by atoms with Crippen molar-refractivity contribution in [3.05, 3.63) is 71.8 Å². The molecule has 0 atom stereocenters. The minimum atomic E-state index is -0.296. The van der Waals surface area contributed by atoms with Crippen molar-refractivity contribution in [3.63, 3.8) is 0 Å². The molecule has 0 saturated heterocycles. The summed E-state index contributed by atoms with van der Waals surface area (Å²) in [5.41, 5.74) is 3.54. The number of pyridine rings is 1. The Hall–Kier alpha value is -3.68. The first-order chi connectivity index (χ1) is 14.6. The van der Waals surface area contributed by atoms with Crippen LogP contribution < -0.4 is 5.32 Å². The van der Waals surface area contributed by atoms with E-state index < -0.39 is 0 Å². The van der Waals surface area contributed by atoms with Gasteiger partial charge in [-0.3, -0.25) is 4.98 Å². The molecular formula is C22H21FN6O. The van der Waals surface area contributed by atoms with Crippen LogP contribution in [0.4, 0.5) is 10.2 Å². The Labute approximate surface area is 173 Å². The van der Waals surface area contributed by atoms with Crippen molar-refractivity contribution in [1.29, 1.82) is 0 Å². The summed E-state index contributed by atoms with van der Waals surface area (Å²) in [6.45, 7) is 4.66. The van der Waals surface area contributed by atoms with Crippen LogP contribution >= 0.6 is 0 Å². The number of anilines is 1. The third kappa shape index (κ3) is 4.48. The Morgan fingerprint density at radius 1 is 0.967 bits per heavy atom. The summed E-state index contributed by atoms with van der Waals surface area (Å²) >= 11 is 0. The molecule has 1 N–H and O–H groups in total. The molecule has 8 heteroatoms. The summed E-state index contributed by atoms with van der Waals surface area (Å²) in [6.07, 6.45) is 4.89. The van der Waals surface area contributed by atoms with Gasteiger partial charge < -0.3 is 9.84 Å². The Bertz CT molecular complexity index is 1130. The van der Waals surface area contributed by atoms with Gasteiger partial charge in [0.1, 0.15) is 11.6 Å². The molecule has 4 aromatic rings. The summed E-state index contributed by atoms with van der Waals surface area (Å²) in [5.74, 6) is 2.16. The molecule has 0 amide bonds. The second kappa shape index (κ2) is 8.77. The third-order valence-electron chi connectivity index (χ3n) is 4.74. The number of nitrogens with zero attached hydrogens (tertiary/aromatic N) is 5. The quantitative estimate of drug-likeness (QED) is 0.457. The summed E-state index contributed by atoms with van der Waals surface area (Å²) in [7, 11) is 0. The SMILES string of the molecule is Cc1nc(-c2cccnc2)nc(NCCCc2nc(-c3ccc(F)cc3)no2)c1C. The van der Waals surface area contributed by atoms with E-state index in [1.165, 1.54) is 12.1 Å². The molecule has 0 unspecified atom stereocenters. The highest BCUT2D eigenvalue weighted by Crippen LogP contribution is 2.21. The zero-order valence-electron chi connectivity index (χ0n) is 16.8. The number of rotatable bonds is 7. The van der Waals surface area contributed by atoms with Crippen LogP contribution in [0, 0.1) is 19.7 Å². The van der Waals surface area contributed by atoms with E-state index in [0.717, 1.165) is 34.6 Å². The van der Waals surface area contributed by atoms with E-state index in [-0.39, 0.29) is 5.82 Å². The van der Waals surface area contributed by atoms with Gasteiger partial charge in [-0.15, -0.1) is 0 Å². The van der Waals surface area contributed by atoms with E-state index >= 15 is 0 Å². The minimum Gasteiger partial charge on any atom is -0.370 e. The first kappa shape index (κ1) is 19.6. The summed E-state index contributed by atoms with van der Waals surface area (Å²) in [4.78, 5) is 17.7. The fourth-order valence-corrected chi connectivity index (χ4v) is 2.94. The van der Waals surface area contributed by atoms with Crippen LogP contribution in [0.5, 0.6) is 0 Å². The van der Waals surface area contributed by atoms with Gasteiger partial charge in [-0.25, -0.2) is 14.4 Å². The largest absolute Gasteiger partial charge is 0.370 e. The normalized spacial score (nSPS) is 10.9. The van der Waals surface area contributed by atoms with Crippen molar-refractivity contribution in [2.45, 2.75) is 26.7 Å². The van der Waals surface area contributed by atoms with Gasteiger partial charge in [0.15, 0.2) is 5.82 Å². The van der Waals surface area contributed by atoms with E-state index in [9.17, 15) is 4.39 Å². The molecule has 3 aromatic heterocycles. The summed E-state index contributed by atoms with van der Waals surface area (Å²) in [5, 5.41) is 7.34. The number of nitrogens with one attached hydrogen (secondary N) is 1. The molecule has 4 rings (SSSR count). The molecule has 3 heterocycles. The van der Waals surface area contributed by atoms with Gasteiger partial charge in [0.05, 0.1) is 0 Å². The van der Waals surface area contributed by atoms with E-state index in [1.807, 2.05) is 26.0 Å². The number of benzene rings is 1. The average Bonchev–Trinajstić information content (AvgIpc) is 3.24. The van der Waals surface area contributed by atoms with Gasteiger partial charge in [0.2, 0.25) is 11.7 Å². The van der Waals surface area contributed by atoms with Crippen molar-refractivity contribution in [2.75, 3.05) is 11.9 Å². The zero-order valence-corrected chi connectivity index (χ0v) is 16.8. The van der Waals surface area contributed by atoms with E-state index in [1.54, 1.807) is 24.5 Å². The van der Waals surface area contributed by atoms with Gasteiger partial charge in [0.25, 0.3) is 0 Å². The summed E-state index contributed by atoms with van der Waals surface area (Å²) in [6, 6.07) is 9.82. The van der Waals surface area contributed by atoms with Crippen LogP contribution in [0.25, 0.3) is 22.8 Å². The Morgan fingerprint density at radius 2 is 1.80 bits per heavy atom. The average molecular weight is 404 g/mol. The van der Waals surface area contributed by atoms with E-state index in [2.05, 4.69) is 30.4 Å². The topological polar surface area (TPSA) is 89.6 Å². The van der Waals surface area contributed by atoms with E-state index in [4.69, 9.17) is 4.52 Å². The lowest BCUT2D eigenvalue weighted by atomic mass is 10.2. The highest BCUT2D eigenvalue weighted by molar-refractivity contribution is 5.58. The Kier molecular flexibility index (Phi) is 5.74. The second-order valence-corrected chi connectivity index (χ2v) is 6.90. The molecule has 0 bridgehead atoms. The molecule has 0 aliphatic carbocycles. The predicted octanol–water partition coefficient (Wildman–Crippen LogP) is 4.39. The minimum absolute atomic E-state index is 0.296. The van der Waals surface area contributed by atoms with Gasteiger partial charge in [0, 0.05) is 47.7 Å². The zero-order chi connectivity index (χ0) is 20.9. The lowest BCUT2D eigenvalue weighted by molar-refractivity contribution is 0.377. The molecule has 0 radical (unpaired) electrons. The van der Waals surface area contributed by atoms with Gasteiger partial charge in [-0.1, -0.05) is 5.16 Å². The molecule has 0 aliphatic heterocycles. The van der Waals surface area contributed by atoms with E-state index in [0.29, 0.717) is 30.5 Å². The second-order valence-electron chi connectivity index (χ2n) is 6.90. The fraction of sp³-hybridized carbons (Fsp3) is 0.227. The lowest BCUT2D eigenvalue weighted by Gasteiger charge is -2.12. The monoisotopic (exact) mass is 404 g/mol. The van der Waals surface area contributed by atoms with Gasteiger partial charge in [-0.2, -0.15) is 4.98 Å². The maximum atomic E-state index is 13.0. The number of halogens is 1. The van der Waals surface area contributed by atoms with Crippen LogP contribution in [0.1, 0.15) is 23.6 Å². The van der Waals surface area contributed by atoms with Crippen molar-refractivity contribution in [1.82, 2.24) is 25.1 Å². The number of aromatic nitrogens is 5. The molecular weight excluding hydrogens is 383 g/mol. The molecule has 7 nitrogen and oxygen atoms in total. The van der Waals surface area contributed by atoms with Gasteiger partial charge >= 0.3 is 0 Å². The highest BCUT2D eigenvalue weighted by atomic mass is 19.1. The standard InChI is InChI=1S/C22H21FN6O/c1-14-15(2)26-21(17-5-3-11-24-13-17)28-20(14)25-12-4-6-19-27-22(29-30-19)16-7-9-18(23)10-8-16/h3,5,7-11,13H,4,6,12H2,1-2H3,(H,25,26,28). The Balaban J connectivity index is 1.37. The Morgan fingerprint density at radius 3 is 2.57 bits per heavy atom.